The number of aryl methyl sites for hydroxylation is 1. The number of benzene rings is 2. The van der Waals surface area contributed by atoms with Gasteiger partial charge in [-0.1, -0.05) is 69.5 Å². The molecule has 0 spiro atoms. The van der Waals surface area contributed by atoms with E-state index in [2.05, 4.69) is 60.8 Å². The van der Waals surface area contributed by atoms with Gasteiger partial charge in [0.05, 0.1) is 24.3 Å². The van der Waals surface area contributed by atoms with E-state index in [1.54, 1.807) is 13.0 Å². The molecule has 216 valence electrons. The minimum Gasteiger partial charge on any atom is -0.390 e. The van der Waals surface area contributed by atoms with Gasteiger partial charge in [0.1, 0.15) is 17.4 Å². The van der Waals surface area contributed by atoms with E-state index in [0.29, 0.717) is 17.0 Å². The number of hydrogen-bond acceptors (Lipinski definition) is 5. The number of halogens is 2. The Morgan fingerprint density at radius 2 is 1.77 bits per heavy atom. The summed E-state index contributed by atoms with van der Waals surface area (Å²) in [4.78, 5) is 12.9. The second-order valence-corrected chi connectivity index (χ2v) is 12.2. The molecule has 0 saturated heterocycles. The monoisotopic (exact) mass is 553 g/mol. The van der Waals surface area contributed by atoms with E-state index in [4.69, 9.17) is 4.52 Å². The first kappa shape index (κ1) is 29.9. The smallest absolute Gasteiger partial charge is 0.226 e. The maximum Gasteiger partial charge on any atom is 0.226 e. The number of aromatic nitrogens is 1. The lowest BCUT2D eigenvalue weighted by molar-refractivity contribution is -0.122. The van der Waals surface area contributed by atoms with Gasteiger partial charge in [0.2, 0.25) is 5.91 Å². The lowest BCUT2D eigenvalue weighted by Crippen LogP contribution is -2.53. The van der Waals surface area contributed by atoms with Crippen LogP contribution in [0.1, 0.15) is 81.0 Å². The van der Waals surface area contributed by atoms with Gasteiger partial charge >= 0.3 is 0 Å². The zero-order valence-corrected chi connectivity index (χ0v) is 23.9. The Hall–Kier alpha value is -3.10. The highest BCUT2D eigenvalue weighted by atomic mass is 19.1. The Morgan fingerprint density at radius 1 is 1.07 bits per heavy atom. The van der Waals surface area contributed by atoms with Crippen molar-refractivity contribution in [2.24, 2.45) is 0 Å². The number of nitrogens with zero attached hydrogens (tertiary/aromatic N) is 1. The molecule has 4 rings (SSSR count). The molecule has 1 aliphatic rings. The third-order valence-corrected chi connectivity index (χ3v) is 7.85. The summed E-state index contributed by atoms with van der Waals surface area (Å²) in [5, 5.41) is 21.8. The van der Waals surface area contributed by atoms with Gasteiger partial charge < -0.3 is 20.3 Å². The van der Waals surface area contributed by atoms with Crippen LogP contribution in [0.3, 0.4) is 0 Å². The molecule has 2 atom stereocenters. The van der Waals surface area contributed by atoms with Crippen molar-refractivity contribution in [3.63, 3.8) is 0 Å². The van der Waals surface area contributed by atoms with Gasteiger partial charge in [-0.2, -0.15) is 0 Å². The number of nitrogens with one attached hydrogen (secondary N) is 2. The average molecular weight is 554 g/mol. The normalized spacial score (nSPS) is 16.9. The van der Waals surface area contributed by atoms with Crippen LogP contribution in [0.25, 0.3) is 0 Å². The zero-order valence-electron chi connectivity index (χ0n) is 23.9. The largest absolute Gasteiger partial charge is 0.390 e. The quantitative estimate of drug-likeness (QED) is 0.303. The van der Waals surface area contributed by atoms with E-state index < -0.39 is 23.8 Å². The molecule has 3 aromatic rings. The van der Waals surface area contributed by atoms with Crippen LogP contribution in [0.2, 0.25) is 0 Å². The van der Waals surface area contributed by atoms with E-state index in [9.17, 15) is 18.7 Å². The predicted octanol–water partition coefficient (Wildman–Crippen LogP) is 5.64. The highest BCUT2D eigenvalue weighted by Crippen LogP contribution is 2.38. The summed E-state index contributed by atoms with van der Waals surface area (Å²) in [6.07, 6.45) is 4.19. The van der Waals surface area contributed by atoms with Gasteiger partial charge in [0, 0.05) is 24.2 Å². The number of aliphatic hydroxyl groups is 1. The van der Waals surface area contributed by atoms with Gasteiger partial charge in [-0.15, -0.1) is 0 Å². The second kappa shape index (κ2) is 12.6. The second-order valence-electron chi connectivity index (χ2n) is 12.2. The maximum atomic E-state index is 14.0. The Morgan fingerprint density at radius 3 is 2.40 bits per heavy atom. The van der Waals surface area contributed by atoms with E-state index in [1.165, 1.54) is 23.3 Å². The van der Waals surface area contributed by atoms with Crippen LogP contribution >= 0.6 is 0 Å². The number of rotatable bonds is 10. The lowest BCUT2D eigenvalue weighted by Gasteiger charge is -2.41. The molecule has 2 aromatic carbocycles. The van der Waals surface area contributed by atoms with Crippen molar-refractivity contribution in [1.82, 2.24) is 15.8 Å². The number of hydrogen-bond donors (Lipinski definition) is 3. The zero-order chi connectivity index (χ0) is 28.9. The first-order valence-corrected chi connectivity index (χ1v) is 14.1. The van der Waals surface area contributed by atoms with Crippen LogP contribution < -0.4 is 10.6 Å². The molecule has 8 heteroatoms. The predicted molar refractivity (Wildman–Crippen MR) is 151 cm³/mol. The van der Waals surface area contributed by atoms with E-state index in [0.717, 1.165) is 38.2 Å². The minimum atomic E-state index is -1.01. The van der Waals surface area contributed by atoms with Crippen molar-refractivity contribution in [1.29, 1.82) is 0 Å². The Kier molecular flexibility index (Phi) is 9.41. The van der Waals surface area contributed by atoms with E-state index in [1.807, 2.05) is 0 Å². The Balaban J connectivity index is 1.54. The molecule has 1 aliphatic carbocycles. The Bertz CT molecular complexity index is 1270. The topological polar surface area (TPSA) is 87.4 Å². The molecule has 0 bridgehead atoms. The maximum absolute atomic E-state index is 14.0. The van der Waals surface area contributed by atoms with E-state index >= 15 is 0 Å². The average Bonchev–Trinajstić information content (AvgIpc) is 3.30. The molecule has 1 aromatic heterocycles. The summed E-state index contributed by atoms with van der Waals surface area (Å²) in [7, 11) is 0. The van der Waals surface area contributed by atoms with Gasteiger partial charge in [-0.05, 0) is 60.4 Å². The highest BCUT2D eigenvalue weighted by molar-refractivity contribution is 5.78. The van der Waals surface area contributed by atoms with E-state index in [-0.39, 0.29) is 36.2 Å². The summed E-state index contributed by atoms with van der Waals surface area (Å²) >= 11 is 0. The fraction of sp³-hybridized carbons (Fsp3) is 0.500. The van der Waals surface area contributed by atoms with Crippen LogP contribution in [0, 0.1) is 18.6 Å². The molecular weight excluding hydrogens is 512 g/mol. The molecular formula is C32H41F2N3O3. The summed E-state index contributed by atoms with van der Waals surface area (Å²) in [5.41, 5.74) is 2.96. The molecule has 1 fully saturated rings. The molecule has 3 N–H and O–H groups in total. The third kappa shape index (κ3) is 7.76. The van der Waals surface area contributed by atoms with Crippen molar-refractivity contribution >= 4 is 5.91 Å². The Labute approximate surface area is 235 Å². The number of amides is 1. The molecule has 1 amide bonds. The molecule has 40 heavy (non-hydrogen) atoms. The molecule has 2 unspecified atom stereocenters. The van der Waals surface area contributed by atoms with Gasteiger partial charge in [0.15, 0.2) is 0 Å². The molecule has 1 saturated carbocycles. The summed E-state index contributed by atoms with van der Waals surface area (Å²) in [5.74, 6) is -1.18. The third-order valence-electron chi connectivity index (χ3n) is 7.85. The SMILES string of the molecule is Cc1cc(CC(=O)NC(Cc2cc(F)cc(F)c2)C(O)CNC2(c3cccc(C(C)(C)C)c3)CCCCC2)no1. The standard InChI is InChI=1S/C32H41F2N3O3/c1-21-13-27(37-40-21)19-30(39)36-28(16-22-14-25(33)18-26(34)15-22)29(38)20-35-32(11-6-5-7-12-32)24-10-8-9-23(17-24)31(2,3)4/h8-10,13-15,17-18,28-29,35,38H,5-7,11-12,16,19-20H2,1-4H3,(H,36,39). The molecule has 1 heterocycles. The highest BCUT2D eigenvalue weighted by Gasteiger charge is 2.35. The molecule has 6 nitrogen and oxygen atoms in total. The molecule has 0 radical (unpaired) electrons. The minimum absolute atomic E-state index is 0.00335. The van der Waals surface area contributed by atoms with Gasteiger partial charge in [0.25, 0.3) is 0 Å². The van der Waals surface area contributed by atoms with Crippen molar-refractivity contribution < 1.29 is 23.2 Å². The summed E-state index contributed by atoms with van der Waals surface area (Å²) in [6, 6.07) is 12.8. The van der Waals surface area contributed by atoms with Crippen molar-refractivity contribution in [3.05, 3.63) is 88.3 Å². The summed E-state index contributed by atoms with van der Waals surface area (Å²) in [6.45, 7) is 8.52. The van der Waals surface area contributed by atoms with Gasteiger partial charge in [-0.25, -0.2) is 8.78 Å². The van der Waals surface area contributed by atoms with Crippen LogP contribution in [0.5, 0.6) is 0 Å². The number of carbonyl (C=O) groups is 1. The van der Waals surface area contributed by atoms with Gasteiger partial charge in [-0.3, -0.25) is 4.79 Å². The van der Waals surface area contributed by atoms with Crippen LogP contribution in [0.4, 0.5) is 8.78 Å². The van der Waals surface area contributed by atoms with Crippen LogP contribution in [-0.4, -0.2) is 34.9 Å². The number of carbonyl (C=O) groups excluding carboxylic acids is 1. The van der Waals surface area contributed by atoms with Crippen molar-refractivity contribution in [2.75, 3.05) is 6.54 Å². The van der Waals surface area contributed by atoms with Crippen molar-refractivity contribution in [3.8, 4) is 0 Å². The first-order chi connectivity index (χ1) is 18.9. The summed E-state index contributed by atoms with van der Waals surface area (Å²) < 4.78 is 33.0. The van der Waals surface area contributed by atoms with Crippen LogP contribution in [0.15, 0.2) is 53.1 Å². The first-order valence-electron chi connectivity index (χ1n) is 14.1. The fourth-order valence-corrected chi connectivity index (χ4v) is 5.64. The lowest BCUT2D eigenvalue weighted by atomic mass is 9.74. The number of aliphatic hydroxyl groups excluding tert-OH is 1. The van der Waals surface area contributed by atoms with Crippen LogP contribution in [-0.2, 0) is 28.6 Å². The van der Waals surface area contributed by atoms with Crippen molar-refractivity contribution in [2.45, 2.75) is 95.7 Å². The fourth-order valence-electron chi connectivity index (χ4n) is 5.64. The molecule has 0 aliphatic heterocycles.